The number of carbonyl (C=O) groups is 3. The summed E-state index contributed by atoms with van der Waals surface area (Å²) in [4.78, 5) is 38.4. The van der Waals surface area contributed by atoms with Crippen LogP contribution in [-0.2, 0) is 23.9 Å². The molecule has 0 bridgehead atoms. The number of unbranched alkanes of at least 4 members (excludes halogenated alkanes) is 10. The Balaban J connectivity index is 1.52. The minimum atomic E-state index is -1.96. The van der Waals surface area contributed by atoms with E-state index in [4.69, 9.17) is 9.47 Å². The van der Waals surface area contributed by atoms with Crippen LogP contribution < -0.4 is 0 Å². The highest BCUT2D eigenvalue weighted by atomic mass is 16.6. The summed E-state index contributed by atoms with van der Waals surface area (Å²) in [5, 5.41) is 44.4. The molecule has 45 heavy (non-hydrogen) atoms. The monoisotopic (exact) mass is 632 g/mol. The van der Waals surface area contributed by atoms with Crippen molar-refractivity contribution in [1.29, 1.82) is 0 Å². The minimum absolute atomic E-state index is 0.133. The van der Waals surface area contributed by atoms with Crippen LogP contribution in [0, 0.1) is 29.1 Å². The van der Waals surface area contributed by atoms with E-state index in [0.717, 1.165) is 19.3 Å². The minimum Gasteiger partial charge on any atom is -0.480 e. The van der Waals surface area contributed by atoms with Gasteiger partial charge in [0.15, 0.2) is 5.78 Å². The van der Waals surface area contributed by atoms with E-state index in [-0.39, 0.29) is 12.8 Å². The van der Waals surface area contributed by atoms with Crippen LogP contribution >= 0.6 is 0 Å². The SMILES string of the molecule is CCCCCCCCCCCCCC(=O)O[C@@H]1[C@@H](C)[C@@]2(O)[C@@H](C=C(CO)C[C@]3(O)C(=O)C(C)=C[C@@H]23)[C@H]2C(C)(C)[C@]12OCC(=O)O. The molecule has 8 atom stereocenters. The van der Waals surface area contributed by atoms with Crippen molar-refractivity contribution in [2.45, 2.75) is 141 Å². The van der Waals surface area contributed by atoms with E-state index >= 15 is 0 Å². The van der Waals surface area contributed by atoms with Crippen molar-refractivity contribution in [2.24, 2.45) is 29.1 Å². The zero-order valence-corrected chi connectivity index (χ0v) is 28.0. The lowest BCUT2D eigenvalue weighted by Gasteiger charge is -2.53. The van der Waals surface area contributed by atoms with Crippen molar-refractivity contribution < 1.29 is 44.3 Å². The molecule has 254 valence electrons. The number of aliphatic hydroxyl groups is 3. The number of ketones is 1. The Bertz CT molecular complexity index is 1170. The number of aliphatic hydroxyl groups excluding tert-OH is 1. The molecule has 0 unspecified atom stereocenters. The fourth-order valence-corrected chi connectivity index (χ4v) is 9.24. The van der Waals surface area contributed by atoms with Gasteiger partial charge in [-0.05, 0) is 24.5 Å². The number of hydrogen-bond donors (Lipinski definition) is 4. The summed E-state index contributed by atoms with van der Waals surface area (Å²) in [6, 6.07) is 0. The van der Waals surface area contributed by atoms with E-state index in [1.165, 1.54) is 44.9 Å². The third-order valence-electron chi connectivity index (χ3n) is 11.6. The number of ether oxygens (including phenoxy) is 2. The lowest BCUT2D eigenvalue weighted by molar-refractivity contribution is -0.230. The van der Waals surface area contributed by atoms with Gasteiger partial charge in [0.05, 0.1) is 12.2 Å². The van der Waals surface area contributed by atoms with Crippen molar-refractivity contribution in [2.75, 3.05) is 13.2 Å². The van der Waals surface area contributed by atoms with Crippen molar-refractivity contribution in [1.82, 2.24) is 0 Å². The molecule has 2 saturated carbocycles. The molecule has 0 amide bonds. The van der Waals surface area contributed by atoms with Crippen LogP contribution in [0.4, 0.5) is 0 Å². The Hall–Kier alpha value is -2.07. The third-order valence-corrected chi connectivity index (χ3v) is 11.6. The van der Waals surface area contributed by atoms with Crippen LogP contribution in [0.1, 0.15) is 118 Å². The van der Waals surface area contributed by atoms with Gasteiger partial charge in [-0.2, -0.15) is 0 Å². The van der Waals surface area contributed by atoms with E-state index in [9.17, 15) is 34.8 Å². The molecule has 0 heterocycles. The van der Waals surface area contributed by atoms with E-state index in [0.29, 0.717) is 17.6 Å². The highest BCUT2D eigenvalue weighted by Gasteiger charge is 2.86. The second kappa shape index (κ2) is 14.0. The highest BCUT2D eigenvalue weighted by Crippen LogP contribution is 2.77. The summed E-state index contributed by atoms with van der Waals surface area (Å²) in [6.07, 6.45) is 15.1. The second-order valence-corrected chi connectivity index (χ2v) is 14.8. The number of esters is 1. The maximum absolute atomic E-state index is 13.4. The molecular weight excluding hydrogens is 576 g/mol. The molecule has 4 aliphatic rings. The van der Waals surface area contributed by atoms with Gasteiger partial charge in [0, 0.05) is 41.9 Å². The maximum atomic E-state index is 13.4. The molecule has 0 aliphatic heterocycles. The first-order chi connectivity index (χ1) is 21.2. The van der Waals surface area contributed by atoms with Gasteiger partial charge >= 0.3 is 11.9 Å². The molecule has 4 rings (SSSR count). The van der Waals surface area contributed by atoms with Crippen LogP contribution in [0.5, 0.6) is 0 Å². The van der Waals surface area contributed by atoms with Gasteiger partial charge in [0.25, 0.3) is 0 Å². The second-order valence-electron chi connectivity index (χ2n) is 14.8. The van der Waals surface area contributed by atoms with Crippen molar-refractivity contribution in [3.63, 3.8) is 0 Å². The first kappa shape index (κ1) is 35.8. The Morgan fingerprint density at radius 2 is 1.53 bits per heavy atom. The van der Waals surface area contributed by atoms with Gasteiger partial charge in [-0.25, -0.2) is 4.79 Å². The topological polar surface area (TPSA) is 151 Å². The van der Waals surface area contributed by atoms with E-state index in [1.54, 1.807) is 26.0 Å². The lowest BCUT2D eigenvalue weighted by Crippen LogP contribution is -2.66. The van der Waals surface area contributed by atoms with Crippen molar-refractivity contribution in [3.8, 4) is 0 Å². The number of fused-ring (bicyclic) bond motifs is 5. The summed E-state index contributed by atoms with van der Waals surface area (Å²) >= 11 is 0. The first-order valence-electron chi connectivity index (χ1n) is 17.3. The number of Topliss-reactive ketones (excluding diaryl/α,β-unsaturated/α-hetero) is 1. The van der Waals surface area contributed by atoms with Gasteiger partial charge in [-0.15, -0.1) is 0 Å². The largest absolute Gasteiger partial charge is 0.480 e. The Morgan fingerprint density at radius 1 is 0.956 bits per heavy atom. The van der Waals surface area contributed by atoms with Crippen LogP contribution in [-0.4, -0.2) is 74.3 Å². The molecule has 0 aromatic carbocycles. The fourth-order valence-electron chi connectivity index (χ4n) is 9.24. The number of hydrogen-bond acceptors (Lipinski definition) is 8. The summed E-state index contributed by atoms with van der Waals surface area (Å²) in [5.74, 6) is -5.14. The van der Waals surface area contributed by atoms with Crippen LogP contribution in [0.15, 0.2) is 23.3 Å². The summed E-state index contributed by atoms with van der Waals surface area (Å²) in [6.45, 7) is 8.37. The standard InChI is InChI=1S/C36H56O9/c1-6-7-8-9-10-11-12-13-14-15-16-17-29(40)45-32-24(3)35(43)26(30-33(4,5)36(30,32)44-22-28(38)39)19-25(21-37)20-34(42)27(35)18-23(2)31(34)41/h18-19,24,26-27,30,32,37,42-43H,6-17,20-22H2,1-5H3,(H,38,39)/t24-,26+,27-,30+,32-,34-,35-,36-/m1/s1. The van der Waals surface area contributed by atoms with Crippen LogP contribution in [0.3, 0.4) is 0 Å². The average molecular weight is 633 g/mol. The molecule has 9 nitrogen and oxygen atoms in total. The molecular formula is C36H56O9. The zero-order valence-electron chi connectivity index (χ0n) is 28.0. The van der Waals surface area contributed by atoms with Gasteiger partial charge in [-0.1, -0.05) is 104 Å². The van der Waals surface area contributed by atoms with Gasteiger partial charge < -0.3 is 29.9 Å². The first-order valence-corrected chi connectivity index (χ1v) is 17.3. The van der Waals surface area contributed by atoms with Crippen molar-refractivity contribution in [3.05, 3.63) is 23.3 Å². The Kier molecular flexibility index (Phi) is 11.1. The Morgan fingerprint density at radius 3 is 2.09 bits per heavy atom. The van der Waals surface area contributed by atoms with Crippen LogP contribution in [0.2, 0.25) is 0 Å². The Labute approximate surface area is 268 Å². The predicted octanol–water partition coefficient (Wildman–Crippen LogP) is 5.29. The number of carbonyl (C=O) groups excluding carboxylic acids is 2. The molecule has 0 spiro atoms. The molecule has 0 saturated heterocycles. The fraction of sp³-hybridized carbons (Fsp3) is 0.806. The van der Waals surface area contributed by atoms with E-state index < -0.39 is 82.9 Å². The number of aliphatic carboxylic acids is 1. The molecule has 9 heteroatoms. The highest BCUT2D eigenvalue weighted by molar-refractivity contribution is 6.04. The molecule has 4 aliphatic carbocycles. The van der Waals surface area contributed by atoms with Gasteiger partial charge in [-0.3, -0.25) is 9.59 Å². The third kappa shape index (κ3) is 6.31. The zero-order chi connectivity index (χ0) is 33.2. The van der Waals surface area contributed by atoms with Crippen LogP contribution in [0.25, 0.3) is 0 Å². The summed E-state index contributed by atoms with van der Waals surface area (Å²) in [7, 11) is 0. The number of rotatable bonds is 17. The quantitative estimate of drug-likeness (QED) is 0.0953. The number of carboxylic acid groups (broad SMARTS) is 1. The molecule has 0 radical (unpaired) electrons. The van der Waals surface area contributed by atoms with E-state index in [2.05, 4.69) is 6.92 Å². The molecule has 4 N–H and O–H groups in total. The molecule has 0 aromatic rings. The van der Waals surface area contributed by atoms with Crippen molar-refractivity contribution >= 4 is 17.7 Å². The number of carboxylic acids is 1. The summed E-state index contributed by atoms with van der Waals surface area (Å²) in [5.41, 5.74) is -4.88. The normalized spacial score (nSPS) is 36.3. The smallest absolute Gasteiger partial charge is 0.329 e. The summed E-state index contributed by atoms with van der Waals surface area (Å²) < 4.78 is 12.4. The van der Waals surface area contributed by atoms with Gasteiger partial charge in [0.2, 0.25) is 0 Å². The maximum Gasteiger partial charge on any atom is 0.329 e. The predicted molar refractivity (Wildman–Crippen MR) is 169 cm³/mol. The van der Waals surface area contributed by atoms with E-state index in [1.807, 2.05) is 13.8 Å². The molecule has 0 aromatic heterocycles. The average Bonchev–Trinajstić information content (AvgIpc) is 3.43. The lowest BCUT2D eigenvalue weighted by atomic mass is 9.59. The van der Waals surface area contributed by atoms with Gasteiger partial charge in [0.1, 0.15) is 23.9 Å². The molecule has 2 fully saturated rings.